The molecule has 11 heteroatoms. The van der Waals surface area contributed by atoms with E-state index >= 15 is 0 Å². The SMILES string of the molecule is O.Oc1ncc2ncnc(Nc3ccccc3O)c2n1.[V].[V].[Y]. The van der Waals surface area contributed by atoms with Crippen molar-refractivity contribution < 1.29 is 85.5 Å². The van der Waals surface area contributed by atoms with Crippen LogP contribution in [0.15, 0.2) is 36.8 Å². The van der Waals surface area contributed by atoms with Crippen LogP contribution in [0.5, 0.6) is 11.8 Å². The van der Waals surface area contributed by atoms with Gasteiger partial charge in [-0.05, 0) is 12.1 Å². The molecule has 0 aliphatic carbocycles. The summed E-state index contributed by atoms with van der Waals surface area (Å²) in [6, 6.07) is 6.38. The van der Waals surface area contributed by atoms with Gasteiger partial charge >= 0.3 is 6.01 Å². The van der Waals surface area contributed by atoms with E-state index in [1.165, 1.54) is 12.5 Å². The molecule has 0 saturated heterocycles. The van der Waals surface area contributed by atoms with Gasteiger partial charge in [0.25, 0.3) is 0 Å². The molecule has 3 aromatic rings. The van der Waals surface area contributed by atoms with Gasteiger partial charge in [0.15, 0.2) is 5.82 Å². The van der Waals surface area contributed by atoms with Crippen molar-refractivity contribution in [2.75, 3.05) is 5.32 Å². The molecule has 3 radical (unpaired) electrons. The summed E-state index contributed by atoms with van der Waals surface area (Å²) in [6.07, 6.45) is 2.75. The molecule has 8 nitrogen and oxygen atoms in total. The number of para-hydroxylation sites is 2. The number of anilines is 2. The Morgan fingerprint density at radius 2 is 1.65 bits per heavy atom. The van der Waals surface area contributed by atoms with Gasteiger partial charge in [0.05, 0.1) is 11.9 Å². The predicted octanol–water partition coefficient (Wildman–Crippen LogP) is 0.742. The molecule has 3 rings (SSSR count). The maximum Gasteiger partial charge on any atom is 0.314 e. The summed E-state index contributed by atoms with van der Waals surface area (Å²) in [6.45, 7) is 0. The minimum atomic E-state index is -0.359. The molecule has 0 unspecified atom stereocenters. The summed E-state index contributed by atoms with van der Waals surface area (Å²) < 4.78 is 0. The smallest absolute Gasteiger partial charge is 0.314 e. The monoisotopic (exact) mass is 464 g/mol. The fourth-order valence-corrected chi connectivity index (χ4v) is 1.64. The number of fused-ring (bicyclic) bond motifs is 1. The number of hydrogen-bond acceptors (Lipinski definition) is 7. The summed E-state index contributed by atoms with van der Waals surface area (Å²) >= 11 is 0. The van der Waals surface area contributed by atoms with Gasteiger partial charge in [-0.2, -0.15) is 4.98 Å². The molecule has 115 valence electrons. The molecule has 0 aliphatic heterocycles. The largest absolute Gasteiger partial charge is 0.506 e. The van der Waals surface area contributed by atoms with Gasteiger partial charge < -0.3 is 21.0 Å². The number of phenols is 1. The van der Waals surface area contributed by atoms with Crippen molar-refractivity contribution in [2.24, 2.45) is 0 Å². The average molecular weight is 464 g/mol. The van der Waals surface area contributed by atoms with Gasteiger partial charge in [0.2, 0.25) is 0 Å². The standard InChI is InChI=1S/C12H9N5O2.H2O.2V.Y/c18-9-4-2-1-3-7(9)16-11-10-8(14-6-15-11)5-13-12(19)17-10;;;;/h1-6,18H,(H,13,17,19)(H,14,15,16);1H2;;;. The first-order valence-corrected chi connectivity index (χ1v) is 5.46. The number of phenolic OH excluding ortho intramolecular Hbond substituents is 1. The number of aromatic hydroxyl groups is 2. The third kappa shape index (κ3) is 5.69. The van der Waals surface area contributed by atoms with Crippen LogP contribution in [-0.4, -0.2) is 35.6 Å². The summed E-state index contributed by atoms with van der Waals surface area (Å²) in [5, 5.41) is 22.0. The van der Waals surface area contributed by atoms with Crippen molar-refractivity contribution in [3.05, 3.63) is 36.8 Å². The fourth-order valence-electron chi connectivity index (χ4n) is 1.64. The molecule has 2 aromatic heterocycles. The molecule has 2 heterocycles. The molecule has 23 heavy (non-hydrogen) atoms. The first-order valence-electron chi connectivity index (χ1n) is 5.46. The van der Waals surface area contributed by atoms with Gasteiger partial charge in [-0.25, -0.2) is 15.0 Å². The van der Waals surface area contributed by atoms with E-state index in [0.717, 1.165) is 0 Å². The molecule has 0 amide bonds. The maximum absolute atomic E-state index is 9.71. The zero-order valence-electron chi connectivity index (χ0n) is 11.6. The molecule has 0 saturated carbocycles. The number of aromatic nitrogens is 4. The number of benzene rings is 1. The average Bonchev–Trinajstić information content (AvgIpc) is 2.42. The molecular weight excluding hydrogens is 453 g/mol. The second-order valence-corrected chi connectivity index (χ2v) is 3.77. The Balaban J connectivity index is 0. The molecular formula is C12H11N5O3V2Y. The molecule has 0 atom stereocenters. The summed E-state index contributed by atoms with van der Waals surface area (Å²) in [5.74, 6) is 0.469. The van der Waals surface area contributed by atoms with Crippen LogP contribution in [-0.2, 0) is 69.8 Å². The van der Waals surface area contributed by atoms with Crippen LogP contribution >= 0.6 is 0 Å². The molecule has 1 aromatic carbocycles. The van der Waals surface area contributed by atoms with Crippen LogP contribution in [0.2, 0.25) is 0 Å². The number of nitrogens with one attached hydrogen (secondary N) is 1. The number of hydrogen-bond donors (Lipinski definition) is 3. The number of nitrogens with zero attached hydrogens (tertiary/aromatic N) is 4. The van der Waals surface area contributed by atoms with E-state index in [2.05, 4.69) is 25.3 Å². The number of rotatable bonds is 2. The Labute approximate surface area is 180 Å². The summed E-state index contributed by atoms with van der Waals surface area (Å²) in [4.78, 5) is 15.6. The van der Waals surface area contributed by atoms with E-state index < -0.39 is 0 Å². The maximum atomic E-state index is 9.71. The Bertz CT molecular complexity index is 766. The van der Waals surface area contributed by atoms with Crippen LogP contribution in [0.1, 0.15) is 0 Å². The first-order chi connectivity index (χ1) is 9.24. The van der Waals surface area contributed by atoms with E-state index in [0.29, 0.717) is 22.5 Å². The zero-order chi connectivity index (χ0) is 13.2. The van der Waals surface area contributed by atoms with E-state index in [1.54, 1.807) is 24.3 Å². The Morgan fingerprint density at radius 1 is 0.957 bits per heavy atom. The van der Waals surface area contributed by atoms with Crippen LogP contribution in [0.4, 0.5) is 11.5 Å². The normalized spacial score (nSPS) is 8.70. The third-order valence-corrected chi connectivity index (χ3v) is 2.52. The van der Waals surface area contributed by atoms with Crippen LogP contribution < -0.4 is 5.32 Å². The molecule has 0 bridgehead atoms. The van der Waals surface area contributed by atoms with Crippen molar-refractivity contribution in [3.63, 3.8) is 0 Å². The molecule has 0 aliphatic rings. The van der Waals surface area contributed by atoms with Crippen molar-refractivity contribution in [1.82, 2.24) is 19.9 Å². The van der Waals surface area contributed by atoms with Crippen molar-refractivity contribution in [3.8, 4) is 11.8 Å². The molecule has 0 spiro atoms. The predicted molar refractivity (Wildman–Crippen MR) is 71.8 cm³/mol. The van der Waals surface area contributed by atoms with Gasteiger partial charge in [-0.1, -0.05) is 12.1 Å². The Morgan fingerprint density at radius 3 is 2.35 bits per heavy atom. The van der Waals surface area contributed by atoms with Gasteiger partial charge in [0.1, 0.15) is 23.1 Å². The molecule has 0 fully saturated rings. The minimum absolute atomic E-state index is 0. The van der Waals surface area contributed by atoms with Gasteiger partial charge in [-0.15, -0.1) is 0 Å². The second kappa shape index (κ2) is 10.9. The summed E-state index contributed by atoms with van der Waals surface area (Å²) in [5.41, 5.74) is 1.35. The Kier molecular flexibility index (Phi) is 11.7. The van der Waals surface area contributed by atoms with Crippen molar-refractivity contribution in [2.45, 2.75) is 0 Å². The van der Waals surface area contributed by atoms with Crippen molar-refractivity contribution in [1.29, 1.82) is 0 Å². The topological polar surface area (TPSA) is 136 Å². The molecule has 5 N–H and O–H groups in total. The third-order valence-electron chi connectivity index (χ3n) is 2.52. The van der Waals surface area contributed by atoms with Crippen molar-refractivity contribution >= 4 is 22.5 Å². The first kappa shape index (κ1) is 24.5. The van der Waals surface area contributed by atoms with E-state index in [4.69, 9.17) is 0 Å². The quantitative estimate of drug-likeness (QED) is 0.477. The van der Waals surface area contributed by atoms with Crippen LogP contribution in [0.3, 0.4) is 0 Å². The summed E-state index contributed by atoms with van der Waals surface area (Å²) in [7, 11) is 0. The van der Waals surface area contributed by atoms with Gasteiger partial charge in [-0.3, -0.25) is 0 Å². The zero-order valence-corrected chi connectivity index (χ0v) is 17.3. The second-order valence-electron chi connectivity index (χ2n) is 3.77. The Hall–Kier alpha value is -0.727. The van der Waals surface area contributed by atoms with E-state index in [1.807, 2.05) is 0 Å². The fraction of sp³-hybridized carbons (Fsp3) is 0. The van der Waals surface area contributed by atoms with E-state index in [-0.39, 0.29) is 87.1 Å². The minimum Gasteiger partial charge on any atom is -0.506 e. The van der Waals surface area contributed by atoms with Crippen LogP contribution in [0.25, 0.3) is 11.0 Å². The van der Waals surface area contributed by atoms with Gasteiger partial charge in [0, 0.05) is 69.8 Å². The van der Waals surface area contributed by atoms with E-state index in [9.17, 15) is 10.2 Å². The van der Waals surface area contributed by atoms with Crippen LogP contribution in [0, 0.1) is 0 Å².